The van der Waals surface area contributed by atoms with Crippen LogP contribution in [-0.4, -0.2) is 16.6 Å². The molecule has 0 unspecified atom stereocenters. The number of nitrogens with one attached hydrogen (secondary N) is 1. The van der Waals surface area contributed by atoms with Crippen LogP contribution < -0.4 is 5.32 Å². The molecule has 3 heteroatoms. The van der Waals surface area contributed by atoms with Crippen LogP contribution in [0.15, 0.2) is 55.0 Å². The van der Waals surface area contributed by atoms with Crippen LogP contribution in [0.1, 0.15) is 5.69 Å². The van der Waals surface area contributed by atoms with Crippen molar-refractivity contribution in [2.45, 2.75) is 6.54 Å². The van der Waals surface area contributed by atoms with E-state index in [1.807, 2.05) is 13.4 Å². The zero-order valence-corrected chi connectivity index (χ0v) is 10.3. The molecule has 0 bridgehead atoms. The smallest absolute Gasteiger partial charge is 0.0995 e. The lowest BCUT2D eigenvalue weighted by atomic mass is 10.1. The maximum Gasteiger partial charge on any atom is 0.0995 e. The normalized spacial score (nSPS) is 10.9. The van der Waals surface area contributed by atoms with Crippen molar-refractivity contribution in [3.63, 3.8) is 0 Å². The summed E-state index contributed by atoms with van der Waals surface area (Å²) in [5, 5.41) is 5.60. The first-order valence-corrected chi connectivity index (χ1v) is 6.04. The third-order valence-electron chi connectivity index (χ3n) is 3.04. The van der Waals surface area contributed by atoms with Gasteiger partial charge in [0, 0.05) is 18.1 Å². The second-order valence-corrected chi connectivity index (χ2v) is 4.30. The molecular weight excluding hydrogens is 222 g/mol. The molecule has 0 aliphatic heterocycles. The number of rotatable bonds is 3. The van der Waals surface area contributed by atoms with Crippen molar-refractivity contribution < 1.29 is 0 Å². The standard InChI is InChI=1S/C15H15N3/c1-16-9-13-10-18(11-17-13)15-8-4-6-12-5-2-3-7-14(12)15/h2-8,10-11,16H,9H2,1H3. The molecule has 3 aromatic rings. The van der Waals surface area contributed by atoms with E-state index >= 15 is 0 Å². The van der Waals surface area contributed by atoms with Crippen LogP contribution in [0.2, 0.25) is 0 Å². The molecular formula is C15H15N3. The van der Waals surface area contributed by atoms with Crippen LogP contribution in [0, 0.1) is 0 Å². The van der Waals surface area contributed by atoms with Crippen molar-refractivity contribution in [1.82, 2.24) is 14.9 Å². The van der Waals surface area contributed by atoms with Gasteiger partial charge in [-0.25, -0.2) is 4.98 Å². The highest BCUT2D eigenvalue weighted by Gasteiger charge is 2.03. The van der Waals surface area contributed by atoms with E-state index in [9.17, 15) is 0 Å². The van der Waals surface area contributed by atoms with Gasteiger partial charge in [-0.3, -0.25) is 0 Å². The average Bonchev–Trinajstić information content (AvgIpc) is 2.87. The fourth-order valence-corrected chi connectivity index (χ4v) is 2.20. The molecule has 0 saturated carbocycles. The van der Waals surface area contributed by atoms with Gasteiger partial charge >= 0.3 is 0 Å². The summed E-state index contributed by atoms with van der Waals surface area (Å²) in [6, 6.07) is 14.7. The summed E-state index contributed by atoms with van der Waals surface area (Å²) >= 11 is 0. The predicted octanol–water partition coefficient (Wildman–Crippen LogP) is 2.74. The molecule has 0 fully saturated rings. The fraction of sp³-hybridized carbons (Fsp3) is 0.133. The minimum atomic E-state index is 0.789. The van der Waals surface area contributed by atoms with E-state index in [0.29, 0.717) is 0 Å². The number of nitrogens with zero attached hydrogens (tertiary/aromatic N) is 2. The third-order valence-corrected chi connectivity index (χ3v) is 3.04. The van der Waals surface area contributed by atoms with Crippen molar-refractivity contribution in [1.29, 1.82) is 0 Å². The molecule has 1 aromatic heterocycles. The first kappa shape index (κ1) is 11.0. The molecule has 2 aromatic carbocycles. The number of fused-ring (bicyclic) bond motifs is 1. The van der Waals surface area contributed by atoms with E-state index in [1.54, 1.807) is 0 Å². The van der Waals surface area contributed by atoms with Crippen LogP contribution in [0.5, 0.6) is 0 Å². The zero-order valence-electron chi connectivity index (χ0n) is 10.3. The van der Waals surface area contributed by atoms with E-state index < -0.39 is 0 Å². The quantitative estimate of drug-likeness (QED) is 0.759. The maximum atomic E-state index is 4.39. The predicted molar refractivity (Wildman–Crippen MR) is 73.8 cm³/mol. The molecule has 1 N–H and O–H groups in total. The molecule has 90 valence electrons. The molecule has 3 nitrogen and oxygen atoms in total. The minimum Gasteiger partial charge on any atom is -0.314 e. The van der Waals surface area contributed by atoms with E-state index in [-0.39, 0.29) is 0 Å². The fourth-order valence-electron chi connectivity index (χ4n) is 2.20. The number of aromatic nitrogens is 2. The van der Waals surface area contributed by atoms with Crippen LogP contribution >= 0.6 is 0 Å². The lowest BCUT2D eigenvalue weighted by Gasteiger charge is -2.06. The zero-order chi connectivity index (χ0) is 12.4. The van der Waals surface area contributed by atoms with E-state index in [2.05, 4.69) is 63.5 Å². The molecule has 0 radical (unpaired) electrons. The molecule has 3 rings (SSSR count). The van der Waals surface area contributed by atoms with Gasteiger partial charge in [0.15, 0.2) is 0 Å². The summed E-state index contributed by atoms with van der Waals surface area (Å²) < 4.78 is 2.08. The Morgan fingerprint density at radius 3 is 2.83 bits per heavy atom. The Kier molecular flexibility index (Phi) is 2.82. The van der Waals surface area contributed by atoms with E-state index in [0.717, 1.165) is 12.2 Å². The Hall–Kier alpha value is -2.13. The van der Waals surface area contributed by atoms with E-state index in [1.165, 1.54) is 16.5 Å². The van der Waals surface area contributed by atoms with Gasteiger partial charge in [-0.15, -0.1) is 0 Å². The van der Waals surface area contributed by atoms with Gasteiger partial charge in [0.1, 0.15) is 0 Å². The molecule has 0 spiro atoms. The molecule has 0 aliphatic rings. The average molecular weight is 237 g/mol. The van der Waals surface area contributed by atoms with Crippen LogP contribution in [0.3, 0.4) is 0 Å². The number of benzene rings is 2. The van der Waals surface area contributed by atoms with Gasteiger partial charge in [-0.1, -0.05) is 36.4 Å². The van der Waals surface area contributed by atoms with Gasteiger partial charge < -0.3 is 9.88 Å². The van der Waals surface area contributed by atoms with Crippen molar-refractivity contribution in [3.8, 4) is 5.69 Å². The van der Waals surface area contributed by atoms with Crippen LogP contribution in [0.4, 0.5) is 0 Å². The van der Waals surface area contributed by atoms with Crippen molar-refractivity contribution >= 4 is 10.8 Å². The van der Waals surface area contributed by atoms with Crippen molar-refractivity contribution in [2.75, 3.05) is 7.05 Å². The molecule has 0 aliphatic carbocycles. The van der Waals surface area contributed by atoms with Gasteiger partial charge in [-0.2, -0.15) is 0 Å². The Bertz CT molecular complexity index is 665. The number of imidazole rings is 1. The second-order valence-electron chi connectivity index (χ2n) is 4.30. The molecule has 18 heavy (non-hydrogen) atoms. The summed E-state index contributed by atoms with van der Waals surface area (Å²) in [5.41, 5.74) is 2.22. The highest BCUT2D eigenvalue weighted by Crippen LogP contribution is 2.22. The molecule has 0 atom stereocenters. The Morgan fingerprint density at radius 2 is 1.94 bits per heavy atom. The highest BCUT2D eigenvalue weighted by molar-refractivity contribution is 5.90. The van der Waals surface area contributed by atoms with Crippen molar-refractivity contribution in [3.05, 3.63) is 60.7 Å². The Balaban J connectivity index is 2.12. The SMILES string of the molecule is CNCc1cn(-c2cccc3ccccc23)cn1. The molecule has 0 amide bonds. The Morgan fingerprint density at radius 1 is 1.11 bits per heavy atom. The van der Waals surface area contributed by atoms with Gasteiger partial charge in [0.05, 0.1) is 17.7 Å². The van der Waals surface area contributed by atoms with Crippen molar-refractivity contribution in [2.24, 2.45) is 0 Å². The number of hydrogen-bond donors (Lipinski definition) is 1. The Labute approximate surface area is 106 Å². The number of hydrogen-bond acceptors (Lipinski definition) is 2. The third kappa shape index (κ3) is 1.89. The summed E-state index contributed by atoms with van der Waals surface area (Å²) in [7, 11) is 1.93. The van der Waals surface area contributed by atoms with Crippen LogP contribution in [-0.2, 0) is 6.54 Å². The molecule has 0 saturated heterocycles. The lowest BCUT2D eigenvalue weighted by molar-refractivity contribution is 0.796. The summed E-state index contributed by atoms with van der Waals surface area (Å²) in [5.74, 6) is 0. The van der Waals surface area contributed by atoms with Gasteiger partial charge in [0.2, 0.25) is 0 Å². The minimum absolute atomic E-state index is 0.789. The monoisotopic (exact) mass is 237 g/mol. The topological polar surface area (TPSA) is 29.9 Å². The lowest BCUT2D eigenvalue weighted by Crippen LogP contribution is -2.04. The first-order chi connectivity index (χ1) is 8.88. The van der Waals surface area contributed by atoms with E-state index in [4.69, 9.17) is 0 Å². The maximum absolute atomic E-state index is 4.39. The largest absolute Gasteiger partial charge is 0.314 e. The summed E-state index contributed by atoms with van der Waals surface area (Å²) in [6.07, 6.45) is 3.94. The second kappa shape index (κ2) is 4.63. The summed E-state index contributed by atoms with van der Waals surface area (Å²) in [6.45, 7) is 0.789. The first-order valence-electron chi connectivity index (χ1n) is 6.04. The highest BCUT2D eigenvalue weighted by atomic mass is 15.0. The molecule has 1 heterocycles. The summed E-state index contributed by atoms with van der Waals surface area (Å²) in [4.78, 5) is 4.39. The van der Waals surface area contributed by atoms with Gasteiger partial charge in [-0.05, 0) is 18.5 Å². The van der Waals surface area contributed by atoms with Gasteiger partial charge in [0.25, 0.3) is 0 Å². The van der Waals surface area contributed by atoms with Crippen LogP contribution in [0.25, 0.3) is 16.5 Å².